The zero-order valence-corrected chi connectivity index (χ0v) is 13.7. The Morgan fingerprint density at radius 1 is 1.25 bits per heavy atom. The first-order valence-electron chi connectivity index (χ1n) is 8.28. The van der Waals surface area contributed by atoms with Gasteiger partial charge in [-0.15, -0.1) is 0 Å². The van der Waals surface area contributed by atoms with Crippen molar-refractivity contribution in [3.8, 4) is 0 Å². The van der Waals surface area contributed by atoms with Crippen LogP contribution in [0.2, 0.25) is 0 Å². The Kier molecular flexibility index (Phi) is 4.99. The van der Waals surface area contributed by atoms with Crippen molar-refractivity contribution in [1.82, 2.24) is 15.5 Å². The third-order valence-electron chi connectivity index (χ3n) is 4.58. The molecule has 1 aliphatic heterocycles. The minimum absolute atomic E-state index is 0.00692. The van der Waals surface area contributed by atoms with E-state index in [0.717, 1.165) is 6.42 Å². The van der Waals surface area contributed by atoms with Crippen LogP contribution in [0.25, 0.3) is 0 Å². The van der Waals surface area contributed by atoms with E-state index in [0.29, 0.717) is 37.4 Å². The van der Waals surface area contributed by atoms with E-state index in [2.05, 4.69) is 27.8 Å². The van der Waals surface area contributed by atoms with Gasteiger partial charge in [-0.25, -0.2) is 0 Å². The molecule has 7 heteroatoms. The topological polar surface area (TPSA) is 39.7 Å². The SMILES string of the molecule is CN=C(NC1CCN(CC(F)(F)F)C1)NC1CC1c1ccccc1. The van der Waals surface area contributed by atoms with Crippen LogP contribution in [0.5, 0.6) is 0 Å². The molecule has 2 fully saturated rings. The van der Waals surface area contributed by atoms with E-state index in [1.54, 1.807) is 7.05 Å². The van der Waals surface area contributed by atoms with Crippen LogP contribution in [0.15, 0.2) is 35.3 Å². The van der Waals surface area contributed by atoms with E-state index in [-0.39, 0.29) is 6.04 Å². The molecular formula is C17H23F3N4. The summed E-state index contributed by atoms with van der Waals surface area (Å²) < 4.78 is 37.3. The van der Waals surface area contributed by atoms with Gasteiger partial charge in [0.2, 0.25) is 0 Å². The van der Waals surface area contributed by atoms with Crippen LogP contribution in [-0.4, -0.2) is 55.8 Å². The molecule has 2 N–H and O–H groups in total. The standard InChI is InChI=1S/C17H23F3N4/c1-21-16(22-13-7-8-24(10-13)11-17(18,19)20)23-15-9-14(15)12-5-3-2-4-6-12/h2-6,13-15H,7-11H2,1H3,(H2,21,22,23). The molecule has 1 saturated heterocycles. The zero-order chi connectivity index (χ0) is 17.2. The summed E-state index contributed by atoms with van der Waals surface area (Å²) in [6.45, 7) is 0.0210. The van der Waals surface area contributed by atoms with E-state index in [4.69, 9.17) is 0 Å². The van der Waals surface area contributed by atoms with Crippen molar-refractivity contribution in [2.75, 3.05) is 26.7 Å². The first-order valence-corrected chi connectivity index (χ1v) is 8.28. The van der Waals surface area contributed by atoms with Crippen LogP contribution in [-0.2, 0) is 0 Å². The van der Waals surface area contributed by atoms with Crippen molar-refractivity contribution in [1.29, 1.82) is 0 Å². The highest BCUT2D eigenvalue weighted by atomic mass is 19.4. The van der Waals surface area contributed by atoms with Gasteiger partial charge in [-0.2, -0.15) is 13.2 Å². The molecule has 2 aliphatic rings. The quantitative estimate of drug-likeness (QED) is 0.653. The van der Waals surface area contributed by atoms with Gasteiger partial charge in [-0.3, -0.25) is 9.89 Å². The third kappa shape index (κ3) is 4.63. The molecule has 0 spiro atoms. The van der Waals surface area contributed by atoms with Crippen LogP contribution in [0.1, 0.15) is 24.3 Å². The lowest BCUT2D eigenvalue weighted by molar-refractivity contribution is -0.143. The Morgan fingerprint density at radius 3 is 2.67 bits per heavy atom. The fraction of sp³-hybridized carbons (Fsp3) is 0.588. The fourth-order valence-electron chi connectivity index (χ4n) is 3.31. The molecule has 1 aromatic carbocycles. The first-order chi connectivity index (χ1) is 11.4. The molecule has 0 radical (unpaired) electrons. The van der Waals surface area contributed by atoms with Crippen molar-refractivity contribution in [3.63, 3.8) is 0 Å². The zero-order valence-electron chi connectivity index (χ0n) is 13.7. The number of hydrogen-bond donors (Lipinski definition) is 2. The average molecular weight is 340 g/mol. The van der Waals surface area contributed by atoms with Crippen LogP contribution in [0.4, 0.5) is 13.2 Å². The van der Waals surface area contributed by atoms with Crippen LogP contribution in [0, 0.1) is 0 Å². The molecule has 3 rings (SSSR count). The molecule has 4 nitrogen and oxygen atoms in total. The van der Waals surface area contributed by atoms with Crippen molar-refractivity contribution in [3.05, 3.63) is 35.9 Å². The number of nitrogens with zero attached hydrogens (tertiary/aromatic N) is 2. The van der Waals surface area contributed by atoms with Gasteiger partial charge in [-0.1, -0.05) is 30.3 Å². The summed E-state index contributed by atoms with van der Waals surface area (Å²) in [5.41, 5.74) is 1.31. The predicted octanol–water partition coefficient (Wildman–Crippen LogP) is 2.34. The molecule has 1 saturated carbocycles. The Bertz CT molecular complexity index is 573. The van der Waals surface area contributed by atoms with E-state index >= 15 is 0 Å². The summed E-state index contributed by atoms with van der Waals surface area (Å²) in [7, 11) is 1.69. The maximum Gasteiger partial charge on any atom is 0.401 e. The lowest BCUT2D eigenvalue weighted by atomic mass is 10.1. The highest BCUT2D eigenvalue weighted by Gasteiger charge is 2.39. The smallest absolute Gasteiger partial charge is 0.353 e. The number of guanidine groups is 1. The Balaban J connectivity index is 1.45. The molecule has 3 unspecified atom stereocenters. The van der Waals surface area contributed by atoms with Gasteiger partial charge >= 0.3 is 6.18 Å². The summed E-state index contributed by atoms with van der Waals surface area (Å²) in [6, 6.07) is 10.7. The molecule has 1 aromatic rings. The minimum Gasteiger partial charge on any atom is -0.353 e. The first kappa shape index (κ1) is 17.1. The molecule has 3 atom stereocenters. The number of likely N-dealkylation sites (tertiary alicyclic amines) is 1. The van der Waals surface area contributed by atoms with Gasteiger partial charge in [-0.05, 0) is 18.4 Å². The van der Waals surface area contributed by atoms with Crippen molar-refractivity contribution in [2.24, 2.45) is 4.99 Å². The molecule has 0 aromatic heterocycles. The third-order valence-corrected chi connectivity index (χ3v) is 4.58. The van der Waals surface area contributed by atoms with E-state index in [9.17, 15) is 13.2 Å². The van der Waals surface area contributed by atoms with E-state index < -0.39 is 12.7 Å². The molecular weight excluding hydrogens is 317 g/mol. The molecule has 24 heavy (non-hydrogen) atoms. The molecule has 1 heterocycles. The number of aliphatic imine (C=N–C) groups is 1. The van der Waals surface area contributed by atoms with E-state index in [1.807, 2.05) is 18.2 Å². The normalized spacial score (nSPS) is 28.0. The Labute approximate surface area is 140 Å². The largest absolute Gasteiger partial charge is 0.401 e. The lowest BCUT2D eigenvalue weighted by Crippen LogP contribution is -2.46. The molecule has 132 valence electrons. The van der Waals surface area contributed by atoms with Gasteiger partial charge in [0.25, 0.3) is 0 Å². The molecule has 0 amide bonds. The summed E-state index contributed by atoms with van der Waals surface area (Å²) >= 11 is 0. The van der Waals surface area contributed by atoms with Crippen molar-refractivity contribution in [2.45, 2.75) is 37.0 Å². The number of rotatable bonds is 4. The molecule has 0 bridgehead atoms. The highest BCUT2D eigenvalue weighted by molar-refractivity contribution is 5.81. The second kappa shape index (κ2) is 7.01. The second-order valence-corrected chi connectivity index (χ2v) is 6.56. The lowest BCUT2D eigenvalue weighted by Gasteiger charge is -2.20. The van der Waals surface area contributed by atoms with Gasteiger partial charge in [0.15, 0.2) is 5.96 Å². The van der Waals surface area contributed by atoms with Crippen LogP contribution in [0.3, 0.4) is 0 Å². The van der Waals surface area contributed by atoms with Gasteiger partial charge < -0.3 is 10.6 Å². The maximum absolute atomic E-state index is 12.4. The number of alkyl halides is 3. The summed E-state index contributed by atoms with van der Waals surface area (Å²) in [5, 5.41) is 6.63. The monoisotopic (exact) mass is 340 g/mol. The summed E-state index contributed by atoms with van der Waals surface area (Å²) in [6.07, 6.45) is -2.38. The molecule has 1 aliphatic carbocycles. The minimum atomic E-state index is -4.13. The number of halogens is 3. The highest BCUT2D eigenvalue weighted by Crippen LogP contribution is 2.40. The maximum atomic E-state index is 12.4. The summed E-state index contributed by atoms with van der Waals surface area (Å²) in [5.74, 6) is 1.16. The fourth-order valence-corrected chi connectivity index (χ4v) is 3.31. The van der Waals surface area contributed by atoms with Crippen LogP contribution >= 0.6 is 0 Å². The summed E-state index contributed by atoms with van der Waals surface area (Å²) in [4.78, 5) is 5.65. The Hall–Kier alpha value is -1.76. The van der Waals surface area contributed by atoms with Crippen molar-refractivity contribution >= 4 is 5.96 Å². The van der Waals surface area contributed by atoms with E-state index in [1.165, 1.54) is 10.5 Å². The number of nitrogens with one attached hydrogen (secondary N) is 2. The second-order valence-electron chi connectivity index (χ2n) is 6.56. The van der Waals surface area contributed by atoms with Gasteiger partial charge in [0.1, 0.15) is 0 Å². The van der Waals surface area contributed by atoms with Gasteiger partial charge in [0, 0.05) is 38.1 Å². The van der Waals surface area contributed by atoms with Gasteiger partial charge in [0.05, 0.1) is 6.54 Å². The Morgan fingerprint density at radius 2 is 2.00 bits per heavy atom. The number of hydrogen-bond acceptors (Lipinski definition) is 2. The van der Waals surface area contributed by atoms with Crippen molar-refractivity contribution < 1.29 is 13.2 Å². The van der Waals surface area contributed by atoms with Crippen LogP contribution < -0.4 is 10.6 Å². The number of benzene rings is 1. The predicted molar refractivity (Wildman–Crippen MR) is 88.1 cm³/mol. The average Bonchev–Trinajstić information content (AvgIpc) is 3.17.